The molecule has 0 aliphatic rings. The average Bonchev–Trinajstić information content (AvgIpc) is 2.49. The third-order valence-corrected chi connectivity index (χ3v) is 2.93. The quantitative estimate of drug-likeness (QED) is 0.692. The number of hydrogen-bond acceptors (Lipinski definition) is 3. The molecule has 0 bridgehead atoms. The van der Waals surface area contributed by atoms with Crippen molar-refractivity contribution in [3.8, 4) is 0 Å². The summed E-state index contributed by atoms with van der Waals surface area (Å²) in [6, 6.07) is 11.1. The van der Waals surface area contributed by atoms with Crippen molar-refractivity contribution in [3.05, 3.63) is 65.0 Å². The summed E-state index contributed by atoms with van der Waals surface area (Å²) < 4.78 is 13.2. The van der Waals surface area contributed by atoms with E-state index in [1.54, 1.807) is 43.5 Å². The van der Waals surface area contributed by atoms with E-state index >= 15 is 0 Å². The van der Waals surface area contributed by atoms with Gasteiger partial charge in [0.25, 0.3) is 5.91 Å². The standard InChI is InChI=1S/C16H15FN2O2/c1-11-3-8-14(17)9-15(11)19-16(20)13-6-4-12(5-7-13)10-18-21-2/h3-10H,1-2H3,(H,19,20)/b18-10+. The topological polar surface area (TPSA) is 50.7 Å². The molecule has 108 valence electrons. The van der Waals surface area contributed by atoms with Crippen LogP contribution in [-0.2, 0) is 4.84 Å². The Kier molecular flexibility index (Phi) is 4.66. The van der Waals surface area contributed by atoms with Gasteiger partial charge in [-0.1, -0.05) is 23.4 Å². The summed E-state index contributed by atoms with van der Waals surface area (Å²) in [5, 5.41) is 6.33. The minimum atomic E-state index is -0.387. The Morgan fingerprint density at radius 2 is 1.95 bits per heavy atom. The summed E-state index contributed by atoms with van der Waals surface area (Å²) in [5.41, 5.74) is 2.56. The lowest BCUT2D eigenvalue weighted by Crippen LogP contribution is -2.13. The minimum Gasteiger partial charge on any atom is -0.399 e. The number of carbonyl (C=O) groups excluding carboxylic acids is 1. The smallest absolute Gasteiger partial charge is 0.255 e. The van der Waals surface area contributed by atoms with Crippen molar-refractivity contribution in [2.24, 2.45) is 5.16 Å². The van der Waals surface area contributed by atoms with Gasteiger partial charge in [-0.05, 0) is 42.3 Å². The zero-order valence-corrected chi connectivity index (χ0v) is 11.8. The second-order valence-electron chi connectivity index (χ2n) is 4.45. The molecule has 5 heteroatoms. The summed E-state index contributed by atoms with van der Waals surface area (Å²) >= 11 is 0. The Labute approximate surface area is 122 Å². The molecule has 2 aromatic carbocycles. The predicted molar refractivity (Wildman–Crippen MR) is 80.1 cm³/mol. The van der Waals surface area contributed by atoms with Crippen molar-refractivity contribution in [3.63, 3.8) is 0 Å². The molecule has 0 spiro atoms. The van der Waals surface area contributed by atoms with Crippen LogP contribution >= 0.6 is 0 Å². The van der Waals surface area contributed by atoms with Gasteiger partial charge in [-0.15, -0.1) is 0 Å². The van der Waals surface area contributed by atoms with Crippen LogP contribution in [0, 0.1) is 12.7 Å². The normalized spacial score (nSPS) is 10.6. The highest BCUT2D eigenvalue weighted by Gasteiger charge is 2.08. The molecule has 0 saturated heterocycles. The number of nitrogens with one attached hydrogen (secondary N) is 1. The number of aryl methyl sites for hydroxylation is 1. The first kappa shape index (κ1) is 14.7. The third kappa shape index (κ3) is 3.89. The first-order valence-electron chi connectivity index (χ1n) is 6.34. The van der Waals surface area contributed by atoms with E-state index < -0.39 is 0 Å². The fourth-order valence-electron chi connectivity index (χ4n) is 1.76. The maximum absolute atomic E-state index is 13.2. The number of carbonyl (C=O) groups is 1. The van der Waals surface area contributed by atoms with Gasteiger partial charge in [-0.2, -0.15) is 0 Å². The molecule has 2 aromatic rings. The highest BCUT2D eigenvalue weighted by Crippen LogP contribution is 2.17. The van der Waals surface area contributed by atoms with Gasteiger partial charge in [0.15, 0.2) is 0 Å². The average molecular weight is 286 g/mol. The summed E-state index contributed by atoms with van der Waals surface area (Å²) in [6.07, 6.45) is 1.54. The molecule has 1 N–H and O–H groups in total. The lowest BCUT2D eigenvalue weighted by atomic mass is 10.1. The molecule has 0 aliphatic heterocycles. The molecular formula is C16H15FN2O2. The van der Waals surface area contributed by atoms with Crippen LogP contribution < -0.4 is 5.32 Å². The molecule has 0 radical (unpaired) electrons. The van der Waals surface area contributed by atoms with E-state index in [1.165, 1.54) is 19.2 Å². The Bertz CT molecular complexity index is 666. The zero-order chi connectivity index (χ0) is 15.2. The number of halogens is 1. The Hall–Kier alpha value is -2.69. The third-order valence-electron chi connectivity index (χ3n) is 2.93. The molecule has 0 atom stereocenters. The predicted octanol–water partition coefficient (Wildman–Crippen LogP) is 3.37. The largest absolute Gasteiger partial charge is 0.399 e. The molecule has 2 rings (SSSR count). The summed E-state index contributed by atoms with van der Waals surface area (Å²) in [6.45, 7) is 1.80. The highest BCUT2D eigenvalue weighted by atomic mass is 19.1. The molecule has 21 heavy (non-hydrogen) atoms. The first-order chi connectivity index (χ1) is 10.1. The van der Waals surface area contributed by atoms with Crippen LogP contribution in [0.1, 0.15) is 21.5 Å². The lowest BCUT2D eigenvalue weighted by molar-refractivity contribution is 0.102. The van der Waals surface area contributed by atoms with Crippen molar-refractivity contribution in [1.82, 2.24) is 0 Å². The Balaban J connectivity index is 2.13. The van der Waals surface area contributed by atoms with E-state index in [4.69, 9.17) is 0 Å². The monoisotopic (exact) mass is 286 g/mol. The molecule has 4 nitrogen and oxygen atoms in total. The first-order valence-corrected chi connectivity index (χ1v) is 6.34. The molecule has 0 saturated carbocycles. The van der Waals surface area contributed by atoms with Gasteiger partial charge in [0.2, 0.25) is 0 Å². The van der Waals surface area contributed by atoms with Gasteiger partial charge in [0.05, 0.1) is 6.21 Å². The van der Waals surface area contributed by atoms with Gasteiger partial charge in [0.1, 0.15) is 12.9 Å². The number of nitrogens with zero attached hydrogens (tertiary/aromatic N) is 1. The second kappa shape index (κ2) is 6.65. The Morgan fingerprint density at radius 1 is 1.24 bits per heavy atom. The van der Waals surface area contributed by atoms with Gasteiger partial charge in [-0.3, -0.25) is 4.79 Å². The van der Waals surface area contributed by atoms with Crippen molar-refractivity contribution in [2.45, 2.75) is 6.92 Å². The van der Waals surface area contributed by atoms with Gasteiger partial charge >= 0.3 is 0 Å². The van der Waals surface area contributed by atoms with E-state index in [9.17, 15) is 9.18 Å². The molecular weight excluding hydrogens is 271 g/mol. The van der Waals surface area contributed by atoms with E-state index in [0.29, 0.717) is 11.3 Å². The molecule has 0 unspecified atom stereocenters. The van der Waals surface area contributed by atoms with E-state index in [2.05, 4.69) is 15.3 Å². The van der Waals surface area contributed by atoms with E-state index in [-0.39, 0.29) is 11.7 Å². The number of benzene rings is 2. The van der Waals surface area contributed by atoms with Crippen LogP contribution in [0.15, 0.2) is 47.6 Å². The Morgan fingerprint density at radius 3 is 2.62 bits per heavy atom. The lowest BCUT2D eigenvalue weighted by Gasteiger charge is -2.08. The van der Waals surface area contributed by atoms with Gasteiger partial charge in [0, 0.05) is 11.3 Å². The van der Waals surface area contributed by atoms with Crippen molar-refractivity contribution in [2.75, 3.05) is 12.4 Å². The minimum absolute atomic E-state index is 0.293. The fourth-order valence-corrected chi connectivity index (χ4v) is 1.76. The highest BCUT2D eigenvalue weighted by molar-refractivity contribution is 6.04. The number of amides is 1. The molecule has 0 heterocycles. The fraction of sp³-hybridized carbons (Fsp3) is 0.125. The van der Waals surface area contributed by atoms with Crippen LogP contribution in [0.5, 0.6) is 0 Å². The van der Waals surface area contributed by atoms with Gasteiger partial charge in [-0.25, -0.2) is 4.39 Å². The maximum atomic E-state index is 13.2. The number of anilines is 1. The van der Waals surface area contributed by atoms with Crippen molar-refractivity contribution in [1.29, 1.82) is 0 Å². The second-order valence-corrected chi connectivity index (χ2v) is 4.45. The number of hydrogen-bond donors (Lipinski definition) is 1. The summed E-state index contributed by atoms with van der Waals surface area (Å²) in [5.74, 6) is -0.680. The molecule has 0 fully saturated rings. The van der Waals surface area contributed by atoms with Crippen LogP contribution in [0.2, 0.25) is 0 Å². The summed E-state index contributed by atoms with van der Waals surface area (Å²) in [4.78, 5) is 16.7. The van der Waals surface area contributed by atoms with Crippen LogP contribution in [0.25, 0.3) is 0 Å². The molecule has 0 aromatic heterocycles. The molecule has 1 amide bonds. The van der Waals surface area contributed by atoms with E-state index in [0.717, 1.165) is 11.1 Å². The van der Waals surface area contributed by atoms with Crippen LogP contribution in [0.4, 0.5) is 10.1 Å². The van der Waals surface area contributed by atoms with Crippen molar-refractivity contribution < 1.29 is 14.0 Å². The molecule has 0 aliphatic carbocycles. The number of rotatable bonds is 4. The maximum Gasteiger partial charge on any atom is 0.255 e. The number of oxime groups is 1. The van der Waals surface area contributed by atoms with Crippen molar-refractivity contribution >= 4 is 17.8 Å². The van der Waals surface area contributed by atoms with E-state index in [1.807, 2.05) is 0 Å². The SMILES string of the molecule is CO/N=C/c1ccc(C(=O)Nc2cc(F)ccc2C)cc1. The van der Waals surface area contributed by atoms with Gasteiger partial charge < -0.3 is 10.2 Å². The van der Waals surface area contributed by atoms with Crippen LogP contribution in [-0.4, -0.2) is 19.2 Å². The summed E-state index contributed by atoms with van der Waals surface area (Å²) in [7, 11) is 1.46. The van der Waals surface area contributed by atoms with Crippen LogP contribution in [0.3, 0.4) is 0 Å². The zero-order valence-electron chi connectivity index (χ0n) is 11.8.